The van der Waals surface area contributed by atoms with Gasteiger partial charge >= 0.3 is 13.8 Å². The Balaban J connectivity index is 4.42. The average Bonchev–Trinajstić information content (AvgIpc) is 3.14. The largest absolute Gasteiger partial charge is 0.492 e. The number of allylic oxidation sites excluding steroid dienone is 11. The number of phosphoric acid groups is 1. The third-order valence-electron chi connectivity index (χ3n) is 8.87. The highest BCUT2D eigenvalue weighted by Gasteiger charge is 2.25. The molecule has 0 amide bonds. The molecule has 0 saturated heterocycles. The minimum atomic E-state index is -4.28. The predicted octanol–water partition coefficient (Wildman–Crippen LogP) is 13.1. The zero-order chi connectivity index (χ0) is 40.6. The molecular weight excluding hydrogens is 709 g/mol. The SMILES string of the molecule is CCCCC/C=C\C/C=C\C/C=C\C/C=C\C/C=C\CCC(=O)OCC(COP(=O)(O)OCC[N+](C)(C)C)O/C=C\CCCCCCCCCCCCCC. The first-order chi connectivity index (χ1) is 26.6. The van der Waals surface area contributed by atoms with Crippen molar-refractivity contribution in [2.75, 3.05) is 47.5 Å². The molecule has 0 saturated carbocycles. The number of hydrogen-bond donors (Lipinski definition) is 1. The van der Waals surface area contributed by atoms with Crippen LogP contribution in [-0.4, -0.2) is 69.0 Å². The van der Waals surface area contributed by atoms with Gasteiger partial charge in [0.2, 0.25) is 0 Å². The van der Waals surface area contributed by atoms with E-state index in [4.69, 9.17) is 18.5 Å². The number of rotatable bonds is 39. The van der Waals surface area contributed by atoms with E-state index in [1.54, 1.807) is 6.26 Å². The van der Waals surface area contributed by atoms with E-state index in [1.165, 1.54) is 96.3 Å². The molecule has 0 rings (SSSR count). The van der Waals surface area contributed by atoms with Crippen molar-refractivity contribution >= 4 is 13.8 Å². The monoisotopic (exact) mass is 793 g/mol. The number of ether oxygens (including phenoxy) is 2. The average molecular weight is 793 g/mol. The number of nitrogens with zero attached hydrogens (tertiary/aromatic N) is 1. The van der Waals surface area contributed by atoms with Crippen LogP contribution in [0.5, 0.6) is 0 Å². The lowest BCUT2D eigenvalue weighted by Gasteiger charge is -2.24. The summed E-state index contributed by atoms with van der Waals surface area (Å²) in [5.74, 6) is -0.358. The minimum Gasteiger partial charge on any atom is -0.492 e. The van der Waals surface area contributed by atoms with E-state index in [9.17, 15) is 14.3 Å². The third kappa shape index (κ3) is 42.8. The van der Waals surface area contributed by atoms with Gasteiger partial charge in [-0.1, -0.05) is 158 Å². The number of phosphoric ester groups is 1. The summed E-state index contributed by atoms with van der Waals surface area (Å²) in [6, 6.07) is 0. The second-order valence-electron chi connectivity index (χ2n) is 15.4. The highest BCUT2D eigenvalue weighted by molar-refractivity contribution is 7.47. The van der Waals surface area contributed by atoms with Gasteiger partial charge in [-0.05, 0) is 63.9 Å². The number of unbranched alkanes of at least 4 members (excludes halogenated alkanes) is 15. The third-order valence-corrected chi connectivity index (χ3v) is 9.86. The molecule has 55 heavy (non-hydrogen) atoms. The van der Waals surface area contributed by atoms with Gasteiger partial charge in [0.1, 0.15) is 19.8 Å². The van der Waals surface area contributed by atoms with Crippen molar-refractivity contribution in [1.82, 2.24) is 0 Å². The van der Waals surface area contributed by atoms with Crippen molar-refractivity contribution in [3.8, 4) is 0 Å². The maximum atomic E-state index is 12.5. The first kappa shape index (κ1) is 52.8. The van der Waals surface area contributed by atoms with Crippen LogP contribution in [0.4, 0.5) is 0 Å². The first-order valence-electron chi connectivity index (χ1n) is 21.7. The summed E-state index contributed by atoms with van der Waals surface area (Å²) in [5, 5.41) is 0. The highest BCUT2D eigenvalue weighted by atomic mass is 31.2. The molecule has 318 valence electrons. The van der Waals surface area contributed by atoms with Crippen LogP contribution in [0.3, 0.4) is 0 Å². The Morgan fingerprint density at radius 3 is 1.55 bits per heavy atom. The first-order valence-corrected chi connectivity index (χ1v) is 23.2. The summed E-state index contributed by atoms with van der Waals surface area (Å²) in [5.41, 5.74) is 0. The topological polar surface area (TPSA) is 91.3 Å². The maximum Gasteiger partial charge on any atom is 0.472 e. The fourth-order valence-corrected chi connectivity index (χ4v) is 6.14. The van der Waals surface area contributed by atoms with E-state index in [-0.39, 0.29) is 32.2 Å². The highest BCUT2D eigenvalue weighted by Crippen LogP contribution is 2.43. The van der Waals surface area contributed by atoms with E-state index in [1.807, 2.05) is 39.4 Å². The van der Waals surface area contributed by atoms with Gasteiger partial charge < -0.3 is 18.9 Å². The Bertz CT molecular complexity index is 1110. The molecule has 0 aliphatic heterocycles. The van der Waals surface area contributed by atoms with E-state index in [0.717, 1.165) is 38.5 Å². The predicted molar refractivity (Wildman–Crippen MR) is 233 cm³/mol. The van der Waals surface area contributed by atoms with Crippen LogP contribution < -0.4 is 0 Å². The van der Waals surface area contributed by atoms with Crippen LogP contribution in [0.1, 0.15) is 162 Å². The van der Waals surface area contributed by atoms with Crippen LogP contribution in [0, 0.1) is 0 Å². The zero-order valence-electron chi connectivity index (χ0n) is 35.9. The quantitative estimate of drug-likeness (QED) is 0.0165. The number of carbonyl (C=O) groups excluding carboxylic acids is 1. The van der Waals surface area contributed by atoms with Crippen LogP contribution in [-0.2, 0) is 27.9 Å². The fraction of sp³-hybridized carbons (Fsp3) is 0.717. The zero-order valence-corrected chi connectivity index (χ0v) is 36.8. The molecular formula is C46H83NO7P+. The molecule has 0 aromatic rings. The molecule has 8 nitrogen and oxygen atoms in total. The maximum absolute atomic E-state index is 12.5. The Morgan fingerprint density at radius 2 is 1.02 bits per heavy atom. The smallest absolute Gasteiger partial charge is 0.472 e. The van der Waals surface area contributed by atoms with Crippen LogP contribution in [0.2, 0.25) is 0 Å². The molecule has 0 aliphatic carbocycles. The van der Waals surface area contributed by atoms with E-state index >= 15 is 0 Å². The Hall–Kier alpha value is -2.22. The van der Waals surface area contributed by atoms with Gasteiger partial charge in [0.05, 0.1) is 34.0 Å². The van der Waals surface area contributed by atoms with Crippen LogP contribution in [0.15, 0.2) is 73.1 Å². The molecule has 0 heterocycles. The standard InChI is InChI=1S/C46H82NO7P/c1-6-8-10-12-14-16-18-20-22-23-24-25-26-27-29-31-33-35-37-39-46(48)52-43-45(44-54-55(49,50)53-42-40-47(3,4)5)51-41-38-36-34-32-30-28-21-19-17-15-13-11-9-7-2/h14,16,20,22,24-25,27,29,33,35,38,41,45H,6-13,15,17-19,21,23,26,28,30-32,34,36-37,39-40,42-44H2,1-5H3/p+1/b16-14-,22-20-,25-24-,29-27-,35-33-,41-38-. The summed E-state index contributed by atoms with van der Waals surface area (Å²) < 4.78 is 34.6. The molecule has 0 spiro atoms. The molecule has 0 radical (unpaired) electrons. The van der Waals surface area contributed by atoms with Crippen molar-refractivity contribution in [2.24, 2.45) is 0 Å². The van der Waals surface area contributed by atoms with E-state index in [2.05, 4.69) is 62.5 Å². The van der Waals surface area contributed by atoms with Gasteiger partial charge in [-0.15, -0.1) is 0 Å². The summed E-state index contributed by atoms with van der Waals surface area (Å²) in [4.78, 5) is 22.6. The summed E-state index contributed by atoms with van der Waals surface area (Å²) >= 11 is 0. The lowest BCUT2D eigenvalue weighted by atomic mass is 10.0. The minimum absolute atomic E-state index is 0.0761. The fourth-order valence-electron chi connectivity index (χ4n) is 5.40. The summed E-state index contributed by atoms with van der Waals surface area (Å²) in [6.45, 7) is 4.78. The molecule has 0 bridgehead atoms. The number of hydrogen-bond acceptors (Lipinski definition) is 6. The van der Waals surface area contributed by atoms with Crippen molar-refractivity contribution in [2.45, 2.75) is 168 Å². The van der Waals surface area contributed by atoms with Crippen molar-refractivity contribution < 1.29 is 37.3 Å². The Morgan fingerprint density at radius 1 is 0.582 bits per heavy atom. The summed E-state index contributed by atoms with van der Waals surface area (Å²) in [7, 11) is 1.63. The van der Waals surface area contributed by atoms with Crippen LogP contribution >= 0.6 is 7.82 Å². The van der Waals surface area contributed by atoms with Gasteiger partial charge in [0.25, 0.3) is 0 Å². The van der Waals surface area contributed by atoms with E-state index in [0.29, 0.717) is 17.4 Å². The van der Waals surface area contributed by atoms with Gasteiger partial charge in [0.15, 0.2) is 6.10 Å². The number of quaternary nitrogens is 1. The van der Waals surface area contributed by atoms with Gasteiger partial charge in [-0.3, -0.25) is 13.8 Å². The van der Waals surface area contributed by atoms with Gasteiger partial charge in [-0.25, -0.2) is 4.57 Å². The molecule has 0 aromatic carbocycles. The molecule has 0 fully saturated rings. The molecule has 2 atom stereocenters. The van der Waals surface area contributed by atoms with Gasteiger partial charge in [0, 0.05) is 6.42 Å². The number of esters is 1. The van der Waals surface area contributed by atoms with Crippen molar-refractivity contribution in [1.29, 1.82) is 0 Å². The molecule has 1 N–H and O–H groups in total. The summed E-state index contributed by atoms with van der Waals surface area (Å²) in [6.07, 6.45) is 50.5. The van der Waals surface area contributed by atoms with Gasteiger partial charge in [-0.2, -0.15) is 0 Å². The molecule has 0 aromatic heterocycles. The number of likely N-dealkylation sites (N-methyl/N-ethyl adjacent to an activating group) is 1. The Kier molecular flexibility index (Phi) is 37.1. The normalized spacial score (nSPS) is 14.4. The lowest BCUT2D eigenvalue weighted by Crippen LogP contribution is -2.37. The van der Waals surface area contributed by atoms with Crippen LogP contribution in [0.25, 0.3) is 0 Å². The second-order valence-corrected chi connectivity index (χ2v) is 16.9. The second kappa shape index (κ2) is 38.6. The molecule has 2 unspecified atom stereocenters. The molecule has 9 heteroatoms. The van der Waals surface area contributed by atoms with Crippen molar-refractivity contribution in [3.05, 3.63) is 73.1 Å². The van der Waals surface area contributed by atoms with Crippen molar-refractivity contribution in [3.63, 3.8) is 0 Å². The number of carbonyl (C=O) groups is 1. The molecule has 0 aliphatic rings. The van der Waals surface area contributed by atoms with E-state index < -0.39 is 13.9 Å². The Labute approximate surface area is 338 Å². The lowest BCUT2D eigenvalue weighted by molar-refractivity contribution is -0.870.